The summed E-state index contributed by atoms with van der Waals surface area (Å²) in [5.41, 5.74) is 5.14. The van der Waals surface area contributed by atoms with E-state index in [4.69, 9.17) is 9.47 Å². The van der Waals surface area contributed by atoms with Crippen LogP contribution in [0.3, 0.4) is 0 Å². The van der Waals surface area contributed by atoms with E-state index in [1.54, 1.807) is 26.0 Å². The molecule has 0 heterocycles. The molecular formula is C50H56N2O8. The standard InChI is InChI=1S/C50H56N2O8/c1-9-11-21-59-33-17-13-31(14-18-33)51-25-37-43-35(39(27(3)4)49(57)45(37)53)23-29(7)41(47(43)55)42-30(8)24-36-40(28(5)6)50(58)46(54)38(44(36)48(42)56)26-52-32-15-19-34(20-16-32)60-22-12-10-2/h13-20,23-28,51-52,55-58H,9-12,21-22H2,1-8H3/b37-25-,38-26-. The van der Waals surface area contributed by atoms with Crippen LogP contribution in [0, 0.1) is 25.7 Å². The second-order valence-electron chi connectivity index (χ2n) is 16.0. The zero-order valence-electron chi connectivity index (χ0n) is 35.7. The van der Waals surface area contributed by atoms with Crippen LogP contribution in [0.25, 0.3) is 33.4 Å². The predicted molar refractivity (Wildman–Crippen MR) is 240 cm³/mol. The van der Waals surface area contributed by atoms with Crippen molar-refractivity contribution in [2.75, 3.05) is 23.8 Å². The first-order chi connectivity index (χ1) is 28.7. The molecule has 0 fully saturated rings. The first-order valence-corrected chi connectivity index (χ1v) is 20.8. The van der Waals surface area contributed by atoms with E-state index in [1.165, 1.54) is 12.4 Å². The van der Waals surface area contributed by atoms with Crippen LogP contribution in [-0.2, 0) is 9.59 Å². The van der Waals surface area contributed by atoms with Gasteiger partial charge in [-0.2, -0.15) is 0 Å². The Morgan fingerprint density at radius 2 is 0.917 bits per heavy atom. The number of anilines is 2. The minimum Gasteiger partial charge on any atom is -0.507 e. The third-order valence-corrected chi connectivity index (χ3v) is 11.0. The lowest BCUT2D eigenvalue weighted by atomic mass is 9.75. The number of ether oxygens (including phenoxy) is 2. The highest BCUT2D eigenvalue weighted by atomic mass is 16.5. The molecule has 0 amide bonds. The maximum atomic E-state index is 14.0. The van der Waals surface area contributed by atoms with Crippen molar-refractivity contribution in [3.63, 3.8) is 0 Å². The molecule has 0 saturated carbocycles. The van der Waals surface area contributed by atoms with E-state index in [-0.39, 0.29) is 56.7 Å². The number of hydrogen-bond donors (Lipinski definition) is 6. The van der Waals surface area contributed by atoms with Crippen molar-refractivity contribution in [2.45, 2.75) is 81.1 Å². The number of ketones is 2. The summed E-state index contributed by atoms with van der Waals surface area (Å²) in [6, 6.07) is 18.2. The molecule has 10 heteroatoms. The summed E-state index contributed by atoms with van der Waals surface area (Å²) in [5.74, 6) is -1.83. The number of aryl methyl sites for hydroxylation is 2. The number of benzene rings is 4. The van der Waals surface area contributed by atoms with Gasteiger partial charge in [0.2, 0.25) is 11.6 Å². The van der Waals surface area contributed by atoms with Gasteiger partial charge in [0.25, 0.3) is 0 Å². The lowest BCUT2D eigenvalue weighted by Crippen LogP contribution is -2.20. The molecule has 60 heavy (non-hydrogen) atoms. The second-order valence-corrected chi connectivity index (χ2v) is 16.0. The van der Waals surface area contributed by atoms with E-state index in [9.17, 15) is 30.0 Å². The van der Waals surface area contributed by atoms with Gasteiger partial charge < -0.3 is 40.5 Å². The third-order valence-electron chi connectivity index (χ3n) is 11.0. The molecule has 0 atom stereocenters. The summed E-state index contributed by atoms with van der Waals surface area (Å²) in [4.78, 5) is 28.1. The summed E-state index contributed by atoms with van der Waals surface area (Å²) in [7, 11) is 0. The lowest BCUT2D eigenvalue weighted by molar-refractivity contribution is -0.113. The van der Waals surface area contributed by atoms with E-state index in [0.717, 1.165) is 25.7 Å². The van der Waals surface area contributed by atoms with E-state index in [2.05, 4.69) is 24.5 Å². The van der Waals surface area contributed by atoms with Crippen LogP contribution in [0.5, 0.6) is 23.0 Å². The summed E-state index contributed by atoms with van der Waals surface area (Å²) >= 11 is 0. The normalized spacial score (nSPS) is 15.3. The molecule has 0 spiro atoms. The Balaban J connectivity index is 1.50. The van der Waals surface area contributed by atoms with Gasteiger partial charge in [-0.05, 0) is 109 Å². The van der Waals surface area contributed by atoms with Gasteiger partial charge in [0.15, 0.2) is 11.5 Å². The van der Waals surface area contributed by atoms with Gasteiger partial charge >= 0.3 is 0 Å². The number of allylic oxidation sites excluding steroid dienone is 4. The first-order valence-electron chi connectivity index (χ1n) is 20.8. The molecule has 6 rings (SSSR count). The molecule has 10 nitrogen and oxygen atoms in total. The van der Waals surface area contributed by atoms with E-state index in [1.807, 2.05) is 76.2 Å². The van der Waals surface area contributed by atoms with Crippen LogP contribution in [0.15, 0.2) is 84.6 Å². The Morgan fingerprint density at radius 3 is 1.23 bits per heavy atom. The van der Waals surface area contributed by atoms with Gasteiger partial charge in [-0.25, -0.2) is 0 Å². The molecule has 0 unspecified atom stereocenters. The first kappa shape index (κ1) is 43.2. The zero-order chi connectivity index (χ0) is 43.4. The SMILES string of the molecule is CCCCOc1ccc(N/C=C2\C(=O)C(O)=C(C(C)C)c3cc(C)c(-c4c(C)cc5c(c4O)/C(=C/Nc4ccc(OCCCC)cc4)C(=O)C(O)=C5C(C)C)c(O)c32)cc1. The number of phenolic OH excluding ortho intramolecular Hbond substituents is 2. The van der Waals surface area contributed by atoms with Crippen molar-refractivity contribution >= 4 is 45.2 Å². The predicted octanol–water partition coefficient (Wildman–Crippen LogP) is 11.7. The number of carbonyl (C=O) groups is 2. The Morgan fingerprint density at radius 1 is 0.567 bits per heavy atom. The Bertz CT molecular complexity index is 2260. The van der Waals surface area contributed by atoms with Crippen LogP contribution in [0.2, 0.25) is 0 Å². The molecule has 0 radical (unpaired) electrons. The number of aliphatic hydroxyl groups excluding tert-OH is 2. The van der Waals surface area contributed by atoms with Crippen molar-refractivity contribution in [1.29, 1.82) is 0 Å². The summed E-state index contributed by atoms with van der Waals surface area (Å²) < 4.78 is 11.6. The summed E-state index contributed by atoms with van der Waals surface area (Å²) in [5, 5.41) is 53.9. The van der Waals surface area contributed by atoms with Crippen molar-refractivity contribution in [1.82, 2.24) is 0 Å². The fourth-order valence-corrected chi connectivity index (χ4v) is 7.90. The van der Waals surface area contributed by atoms with Crippen LogP contribution in [0.4, 0.5) is 11.4 Å². The molecule has 0 aliphatic heterocycles. The maximum absolute atomic E-state index is 14.0. The number of carbonyl (C=O) groups excluding carboxylic acids is 2. The monoisotopic (exact) mass is 812 g/mol. The summed E-state index contributed by atoms with van der Waals surface area (Å²) in [6.45, 7) is 16.4. The molecule has 2 aliphatic carbocycles. The van der Waals surface area contributed by atoms with Gasteiger partial charge in [-0.1, -0.05) is 66.5 Å². The van der Waals surface area contributed by atoms with Gasteiger partial charge in [0.1, 0.15) is 23.0 Å². The second kappa shape index (κ2) is 18.2. The highest BCUT2D eigenvalue weighted by Gasteiger charge is 2.38. The molecular weight excluding hydrogens is 757 g/mol. The zero-order valence-corrected chi connectivity index (χ0v) is 35.7. The minimum absolute atomic E-state index is 0.0284. The minimum atomic E-state index is -0.667. The van der Waals surface area contributed by atoms with Crippen LogP contribution in [-0.4, -0.2) is 45.2 Å². The topological polar surface area (TPSA) is 158 Å². The number of nitrogens with one attached hydrogen (secondary N) is 2. The van der Waals surface area contributed by atoms with Gasteiger partial charge in [0, 0.05) is 57.2 Å². The molecule has 0 saturated heterocycles. The number of fused-ring (bicyclic) bond motifs is 2. The number of hydrogen-bond acceptors (Lipinski definition) is 10. The number of aliphatic hydroxyl groups is 2. The smallest absolute Gasteiger partial charge is 0.229 e. The van der Waals surface area contributed by atoms with Crippen LogP contribution >= 0.6 is 0 Å². The van der Waals surface area contributed by atoms with E-state index >= 15 is 0 Å². The lowest BCUT2D eigenvalue weighted by Gasteiger charge is -2.29. The number of phenols is 2. The maximum Gasteiger partial charge on any atom is 0.229 e. The molecule has 314 valence electrons. The molecule has 6 N–H and O–H groups in total. The molecule has 0 bridgehead atoms. The van der Waals surface area contributed by atoms with E-state index in [0.29, 0.717) is 69.5 Å². The van der Waals surface area contributed by atoms with Crippen molar-refractivity contribution in [3.8, 4) is 34.1 Å². The number of Topliss-reactive ketones (excluding diaryl/α,β-unsaturated/α-hetero) is 2. The van der Waals surface area contributed by atoms with Crippen molar-refractivity contribution in [2.24, 2.45) is 11.8 Å². The number of aromatic hydroxyl groups is 2. The average molecular weight is 813 g/mol. The quantitative estimate of drug-likeness (QED) is 0.0504. The van der Waals surface area contributed by atoms with Crippen molar-refractivity contribution < 1.29 is 39.5 Å². The third kappa shape index (κ3) is 8.37. The largest absolute Gasteiger partial charge is 0.507 e. The van der Waals surface area contributed by atoms with E-state index < -0.39 is 23.1 Å². The van der Waals surface area contributed by atoms with Gasteiger partial charge in [0.05, 0.1) is 24.4 Å². The molecule has 0 aromatic heterocycles. The van der Waals surface area contributed by atoms with Crippen molar-refractivity contribution in [3.05, 3.63) is 118 Å². The Hall–Kier alpha value is -6.42. The molecule has 4 aromatic carbocycles. The molecule has 2 aliphatic rings. The average Bonchev–Trinajstić information content (AvgIpc) is 3.20. The highest BCUT2D eigenvalue weighted by Crippen LogP contribution is 2.53. The molecule has 4 aromatic rings. The van der Waals surface area contributed by atoms with Gasteiger partial charge in [-0.15, -0.1) is 0 Å². The Labute approximate surface area is 352 Å². The fourth-order valence-electron chi connectivity index (χ4n) is 7.90. The fraction of sp³-hybridized carbons (Fsp3) is 0.320. The number of rotatable bonds is 15. The summed E-state index contributed by atoms with van der Waals surface area (Å²) in [6.07, 6.45) is 6.85. The highest BCUT2D eigenvalue weighted by molar-refractivity contribution is 6.35. The van der Waals surface area contributed by atoms with Gasteiger partial charge in [-0.3, -0.25) is 9.59 Å². The van der Waals surface area contributed by atoms with Crippen LogP contribution < -0.4 is 20.1 Å². The number of unbranched alkanes of at least 4 members (excludes halogenated alkanes) is 2. The Kier molecular flexibility index (Phi) is 13.1. The van der Waals surface area contributed by atoms with Crippen LogP contribution in [0.1, 0.15) is 101 Å².